The Bertz CT molecular complexity index is 390. The van der Waals surface area contributed by atoms with E-state index in [1.54, 1.807) is 0 Å². The van der Waals surface area contributed by atoms with Crippen LogP contribution in [0.15, 0.2) is 12.2 Å². The highest BCUT2D eigenvalue weighted by atomic mass is 32.2. The van der Waals surface area contributed by atoms with E-state index in [-0.39, 0.29) is 6.10 Å². The fraction of sp³-hybridized carbons (Fsp3) is 0.895. The van der Waals surface area contributed by atoms with E-state index in [9.17, 15) is 13.5 Å². The molecule has 4 nitrogen and oxygen atoms in total. The molecule has 0 spiro atoms. The molecule has 0 saturated carbocycles. The largest absolute Gasteiger partial charge is 0.393 e. The minimum atomic E-state index is -3.27. The number of unbranched alkanes of at least 4 members (excludes halogenated alkanes) is 9. The second kappa shape index (κ2) is 16.1. The lowest BCUT2D eigenvalue weighted by Gasteiger charge is -2.07. The Labute approximate surface area is 149 Å². The molecular weight excluding hydrogens is 324 g/mol. The van der Waals surface area contributed by atoms with Crippen molar-refractivity contribution >= 4 is 10.1 Å². The summed E-state index contributed by atoms with van der Waals surface area (Å²) in [6.07, 6.45) is 19.4. The number of hydrogen-bond acceptors (Lipinski definition) is 4. The third-order valence-electron chi connectivity index (χ3n) is 4.03. The lowest BCUT2D eigenvalue weighted by Crippen LogP contribution is -2.04. The van der Waals surface area contributed by atoms with Crippen LogP contribution in [0.25, 0.3) is 0 Å². The van der Waals surface area contributed by atoms with Gasteiger partial charge < -0.3 is 5.11 Å². The van der Waals surface area contributed by atoms with E-state index in [1.807, 2.05) is 0 Å². The summed E-state index contributed by atoms with van der Waals surface area (Å²) in [5.74, 6) is 0. The zero-order valence-corrected chi connectivity index (χ0v) is 16.5. The number of rotatable bonds is 17. The fourth-order valence-corrected chi connectivity index (χ4v) is 3.00. The summed E-state index contributed by atoms with van der Waals surface area (Å²) in [6.45, 7) is 2.51. The van der Waals surface area contributed by atoms with Gasteiger partial charge in [0.2, 0.25) is 0 Å². The summed E-state index contributed by atoms with van der Waals surface area (Å²) in [6, 6.07) is 0. The molecule has 0 heterocycles. The van der Waals surface area contributed by atoms with Crippen LogP contribution in [0.3, 0.4) is 0 Å². The molecule has 0 aliphatic carbocycles. The first-order valence-corrected chi connectivity index (χ1v) is 11.4. The Hall–Kier alpha value is -0.390. The summed E-state index contributed by atoms with van der Waals surface area (Å²) in [5.41, 5.74) is 0. The van der Waals surface area contributed by atoms with Crippen molar-refractivity contribution in [1.82, 2.24) is 0 Å². The first-order valence-electron chi connectivity index (χ1n) is 9.63. The SMILES string of the molecule is CCCCCCC(O)C/C=C\CCCCCCCCOS(C)(=O)=O. The molecule has 0 radical (unpaired) electrons. The van der Waals surface area contributed by atoms with Crippen LogP contribution < -0.4 is 0 Å². The van der Waals surface area contributed by atoms with Crippen molar-refractivity contribution in [1.29, 1.82) is 0 Å². The lowest BCUT2D eigenvalue weighted by molar-refractivity contribution is 0.163. The average Bonchev–Trinajstić information content (AvgIpc) is 2.51. The molecule has 1 unspecified atom stereocenters. The maximum atomic E-state index is 10.8. The van der Waals surface area contributed by atoms with Gasteiger partial charge in [0.1, 0.15) is 0 Å². The molecule has 1 N–H and O–H groups in total. The van der Waals surface area contributed by atoms with E-state index in [4.69, 9.17) is 4.18 Å². The zero-order valence-electron chi connectivity index (χ0n) is 15.7. The molecule has 1 atom stereocenters. The van der Waals surface area contributed by atoms with Gasteiger partial charge in [-0.15, -0.1) is 0 Å². The molecule has 0 aromatic rings. The summed E-state index contributed by atoms with van der Waals surface area (Å²) < 4.78 is 26.2. The quantitative estimate of drug-likeness (QED) is 0.225. The van der Waals surface area contributed by atoms with Crippen LogP contribution in [-0.2, 0) is 14.3 Å². The fourth-order valence-electron chi connectivity index (χ4n) is 2.58. The molecular formula is C19H38O4S. The van der Waals surface area contributed by atoms with Gasteiger partial charge in [-0.25, -0.2) is 0 Å². The molecule has 0 fully saturated rings. The molecule has 0 aromatic carbocycles. The van der Waals surface area contributed by atoms with E-state index >= 15 is 0 Å². The monoisotopic (exact) mass is 362 g/mol. The van der Waals surface area contributed by atoms with Gasteiger partial charge in [-0.3, -0.25) is 4.18 Å². The highest BCUT2D eigenvalue weighted by Crippen LogP contribution is 2.10. The molecule has 0 aliphatic heterocycles. The Morgan fingerprint density at radius 2 is 1.54 bits per heavy atom. The van der Waals surface area contributed by atoms with Crippen molar-refractivity contribution < 1.29 is 17.7 Å². The third-order valence-corrected chi connectivity index (χ3v) is 4.62. The van der Waals surface area contributed by atoms with Crippen molar-refractivity contribution in [3.8, 4) is 0 Å². The molecule has 144 valence electrons. The Kier molecular flexibility index (Phi) is 15.8. The normalized spacial score (nSPS) is 13.6. The summed E-state index contributed by atoms with van der Waals surface area (Å²) in [4.78, 5) is 0. The summed E-state index contributed by atoms with van der Waals surface area (Å²) >= 11 is 0. The van der Waals surface area contributed by atoms with E-state index in [0.29, 0.717) is 6.61 Å². The lowest BCUT2D eigenvalue weighted by atomic mass is 10.1. The zero-order chi connectivity index (χ0) is 18.1. The van der Waals surface area contributed by atoms with Gasteiger partial charge in [0.05, 0.1) is 19.0 Å². The van der Waals surface area contributed by atoms with E-state index < -0.39 is 10.1 Å². The van der Waals surface area contributed by atoms with Crippen LogP contribution in [-0.4, -0.2) is 32.5 Å². The van der Waals surface area contributed by atoms with Crippen LogP contribution >= 0.6 is 0 Å². The van der Waals surface area contributed by atoms with Gasteiger partial charge in [0.15, 0.2) is 0 Å². The molecule has 24 heavy (non-hydrogen) atoms. The predicted molar refractivity (Wildman–Crippen MR) is 102 cm³/mol. The Morgan fingerprint density at radius 1 is 0.917 bits per heavy atom. The maximum absolute atomic E-state index is 10.8. The standard InChI is InChI=1S/C19H38O4S/c1-3-4-5-13-16-19(20)17-14-11-9-7-6-8-10-12-15-18-23-24(2,21)22/h11,14,19-20H,3-10,12-13,15-18H2,1-2H3/b14-11-. The topological polar surface area (TPSA) is 63.6 Å². The van der Waals surface area contributed by atoms with Gasteiger partial charge in [-0.2, -0.15) is 8.42 Å². The third kappa shape index (κ3) is 19.7. The van der Waals surface area contributed by atoms with Gasteiger partial charge in [0.25, 0.3) is 10.1 Å². The van der Waals surface area contributed by atoms with Gasteiger partial charge in [-0.1, -0.05) is 70.4 Å². The van der Waals surface area contributed by atoms with Crippen molar-refractivity contribution in [2.24, 2.45) is 0 Å². The Morgan fingerprint density at radius 3 is 2.21 bits per heavy atom. The summed E-state index contributed by atoms with van der Waals surface area (Å²) in [5, 5.41) is 9.84. The Balaban J connectivity index is 3.29. The first kappa shape index (κ1) is 23.6. The van der Waals surface area contributed by atoms with Crippen molar-refractivity contribution in [2.45, 2.75) is 96.5 Å². The molecule has 0 saturated heterocycles. The molecule has 5 heteroatoms. The summed E-state index contributed by atoms with van der Waals surface area (Å²) in [7, 11) is -3.27. The maximum Gasteiger partial charge on any atom is 0.264 e. The van der Waals surface area contributed by atoms with Crippen molar-refractivity contribution in [2.75, 3.05) is 12.9 Å². The van der Waals surface area contributed by atoms with Crippen LogP contribution in [0.5, 0.6) is 0 Å². The van der Waals surface area contributed by atoms with Gasteiger partial charge >= 0.3 is 0 Å². The number of aliphatic hydroxyl groups excluding tert-OH is 1. The highest BCUT2D eigenvalue weighted by molar-refractivity contribution is 7.85. The van der Waals surface area contributed by atoms with Crippen LogP contribution in [0.1, 0.15) is 90.4 Å². The van der Waals surface area contributed by atoms with Crippen LogP contribution in [0, 0.1) is 0 Å². The predicted octanol–water partition coefficient (Wildman–Crippen LogP) is 4.97. The van der Waals surface area contributed by atoms with Gasteiger partial charge in [-0.05, 0) is 32.1 Å². The number of allylic oxidation sites excluding steroid dienone is 1. The molecule has 0 rings (SSSR count). The van der Waals surface area contributed by atoms with Crippen molar-refractivity contribution in [3.63, 3.8) is 0 Å². The number of hydrogen-bond donors (Lipinski definition) is 1. The molecule has 0 bridgehead atoms. The van der Waals surface area contributed by atoms with Gasteiger partial charge in [0, 0.05) is 0 Å². The van der Waals surface area contributed by atoms with E-state index in [0.717, 1.165) is 51.2 Å². The first-order chi connectivity index (χ1) is 11.5. The van der Waals surface area contributed by atoms with Crippen LogP contribution in [0.4, 0.5) is 0 Å². The minimum Gasteiger partial charge on any atom is -0.393 e. The van der Waals surface area contributed by atoms with Crippen molar-refractivity contribution in [3.05, 3.63) is 12.2 Å². The minimum absolute atomic E-state index is 0.174. The number of aliphatic hydroxyl groups is 1. The van der Waals surface area contributed by atoms with Crippen LogP contribution in [0.2, 0.25) is 0 Å². The molecule has 0 aromatic heterocycles. The highest BCUT2D eigenvalue weighted by Gasteiger charge is 2.01. The van der Waals surface area contributed by atoms with E-state index in [1.165, 1.54) is 38.5 Å². The van der Waals surface area contributed by atoms with E-state index in [2.05, 4.69) is 19.1 Å². The second-order valence-corrected chi connectivity index (χ2v) is 8.29. The molecule has 0 amide bonds. The second-order valence-electron chi connectivity index (χ2n) is 6.65. The average molecular weight is 363 g/mol. The molecule has 0 aliphatic rings. The smallest absolute Gasteiger partial charge is 0.264 e.